The molecule has 1 aromatic heterocycles. The van der Waals surface area contributed by atoms with Gasteiger partial charge in [-0.2, -0.15) is 0 Å². The Hall–Kier alpha value is -0.950. The Labute approximate surface area is 111 Å². The highest BCUT2D eigenvalue weighted by atomic mass is 32.1. The van der Waals surface area contributed by atoms with Crippen LogP contribution in [0.5, 0.6) is 0 Å². The van der Waals surface area contributed by atoms with Crippen LogP contribution >= 0.6 is 11.3 Å². The van der Waals surface area contributed by atoms with Crippen molar-refractivity contribution in [2.45, 2.75) is 25.5 Å². The number of methoxy groups -OCH3 is 1. The van der Waals surface area contributed by atoms with E-state index in [2.05, 4.69) is 5.32 Å². The number of nitrogens with one attached hydrogen (secondary N) is 1. The predicted octanol–water partition coefficient (Wildman–Crippen LogP) is 0.724. The first-order valence-electron chi connectivity index (χ1n) is 5.74. The molecule has 0 spiro atoms. The number of hydrogen-bond donors (Lipinski definition) is 3. The van der Waals surface area contributed by atoms with Crippen molar-refractivity contribution in [3.05, 3.63) is 21.9 Å². The lowest BCUT2D eigenvalue weighted by Gasteiger charge is -2.23. The molecule has 0 aliphatic carbocycles. The molecule has 18 heavy (non-hydrogen) atoms. The monoisotopic (exact) mass is 272 g/mol. The van der Waals surface area contributed by atoms with Gasteiger partial charge in [0, 0.05) is 43.5 Å². The molecule has 6 heteroatoms. The van der Waals surface area contributed by atoms with E-state index in [-0.39, 0.29) is 0 Å². The molecule has 1 heterocycles. The summed E-state index contributed by atoms with van der Waals surface area (Å²) in [4.78, 5) is 11.9. The van der Waals surface area contributed by atoms with Crippen LogP contribution in [0.4, 0.5) is 0 Å². The molecule has 0 saturated carbocycles. The average Bonchev–Trinajstić information content (AvgIpc) is 2.75. The quantitative estimate of drug-likeness (QED) is 0.651. The van der Waals surface area contributed by atoms with Gasteiger partial charge in [0.05, 0.1) is 11.2 Å². The van der Waals surface area contributed by atoms with Gasteiger partial charge in [-0.3, -0.25) is 4.79 Å². The highest BCUT2D eigenvalue weighted by molar-refractivity contribution is 7.10. The van der Waals surface area contributed by atoms with Crippen LogP contribution in [0.15, 0.2) is 11.4 Å². The molecule has 5 nitrogen and oxygen atoms in total. The van der Waals surface area contributed by atoms with Gasteiger partial charge in [-0.05, 0) is 13.0 Å². The van der Waals surface area contributed by atoms with Crippen molar-refractivity contribution in [3.63, 3.8) is 0 Å². The van der Waals surface area contributed by atoms with Crippen molar-refractivity contribution in [1.29, 1.82) is 0 Å². The number of thiophene rings is 1. The summed E-state index contributed by atoms with van der Waals surface area (Å²) in [7, 11) is 1.61. The van der Waals surface area contributed by atoms with Crippen LogP contribution in [-0.4, -0.2) is 36.9 Å². The van der Waals surface area contributed by atoms with Crippen molar-refractivity contribution in [1.82, 2.24) is 5.32 Å². The van der Waals surface area contributed by atoms with Crippen LogP contribution in [0.1, 0.15) is 28.6 Å². The topological polar surface area (TPSA) is 84.6 Å². The maximum Gasteiger partial charge on any atom is 0.249 e. The minimum Gasteiger partial charge on any atom is -0.389 e. The molecule has 0 bridgehead atoms. The Morgan fingerprint density at radius 1 is 1.67 bits per heavy atom. The molecule has 4 N–H and O–H groups in total. The molecule has 1 rings (SSSR count). The van der Waals surface area contributed by atoms with Gasteiger partial charge in [-0.25, -0.2) is 0 Å². The number of hydrogen-bond acceptors (Lipinski definition) is 5. The molecule has 1 amide bonds. The molecular weight excluding hydrogens is 252 g/mol. The molecule has 102 valence electrons. The SMILES string of the molecule is COCCC(C)(O)CNCc1cc(C(N)=O)cs1. The zero-order valence-electron chi connectivity index (χ0n) is 10.7. The third-order valence-electron chi connectivity index (χ3n) is 2.59. The van der Waals surface area contributed by atoms with E-state index in [4.69, 9.17) is 10.5 Å². The number of nitrogens with two attached hydrogens (primary N) is 1. The minimum atomic E-state index is -0.792. The van der Waals surface area contributed by atoms with Gasteiger partial charge < -0.3 is 20.9 Å². The molecule has 0 saturated heterocycles. The van der Waals surface area contributed by atoms with Crippen LogP contribution in [-0.2, 0) is 11.3 Å². The molecule has 0 fully saturated rings. The number of aliphatic hydroxyl groups is 1. The number of amides is 1. The van der Waals surface area contributed by atoms with E-state index < -0.39 is 11.5 Å². The van der Waals surface area contributed by atoms with E-state index in [1.54, 1.807) is 25.5 Å². The highest BCUT2D eigenvalue weighted by Crippen LogP contribution is 2.14. The maximum atomic E-state index is 10.9. The van der Waals surface area contributed by atoms with E-state index >= 15 is 0 Å². The van der Waals surface area contributed by atoms with Crippen LogP contribution in [0, 0.1) is 0 Å². The molecule has 1 atom stereocenters. The van der Waals surface area contributed by atoms with E-state index in [1.807, 2.05) is 0 Å². The Bertz CT molecular complexity index is 390. The van der Waals surface area contributed by atoms with Gasteiger partial charge in [0.2, 0.25) is 5.91 Å². The van der Waals surface area contributed by atoms with Gasteiger partial charge in [-0.15, -0.1) is 11.3 Å². The fourth-order valence-corrected chi connectivity index (χ4v) is 2.31. The molecule has 1 aromatic rings. The lowest BCUT2D eigenvalue weighted by atomic mass is 10.0. The molecule has 0 aromatic carbocycles. The lowest BCUT2D eigenvalue weighted by Crippen LogP contribution is -2.38. The second-order valence-electron chi connectivity index (χ2n) is 4.51. The Morgan fingerprint density at radius 3 is 2.94 bits per heavy atom. The first-order valence-corrected chi connectivity index (χ1v) is 6.62. The van der Waals surface area contributed by atoms with Crippen molar-refractivity contribution < 1.29 is 14.6 Å². The van der Waals surface area contributed by atoms with Gasteiger partial charge in [0.15, 0.2) is 0 Å². The first kappa shape index (κ1) is 15.1. The molecule has 0 aliphatic heterocycles. The van der Waals surface area contributed by atoms with E-state index in [0.717, 1.165) is 4.88 Å². The van der Waals surface area contributed by atoms with E-state index in [1.165, 1.54) is 11.3 Å². The maximum absolute atomic E-state index is 10.9. The summed E-state index contributed by atoms with van der Waals surface area (Å²) >= 11 is 1.48. The number of primary amides is 1. The highest BCUT2D eigenvalue weighted by Gasteiger charge is 2.19. The Kier molecular flexibility index (Phi) is 5.74. The van der Waals surface area contributed by atoms with Gasteiger partial charge in [0.1, 0.15) is 0 Å². The van der Waals surface area contributed by atoms with Crippen molar-refractivity contribution >= 4 is 17.2 Å². The Balaban J connectivity index is 2.34. The van der Waals surface area contributed by atoms with Gasteiger partial charge in [0.25, 0.3) is 0 Å². The van der Waals surface area contributed by atoms with E-state index in [0.29, 0.717) is 31.7 Å². The normalized spacial score (nSPS) is 14.4. The zero-order chi connectivity index (χ0) is 13.6. The predicted molar refractivity (Wildman–Crippen MR) is 71.7 cm³/mol. The van der Waals surface area contributed by atoms with Crippen molar-refractivity contribution in [2.75, 3.05) is 20.3 Å². The summed E-state index contributed by atoms with van der Waals surface area (Å²) in [6, 6.07) is 1.77. The van der Waals surface area contributed by atoms with Crippen LogP contribution in [0.25, 0.3) is 0 Å². The van der Waals surface area contributed by atoms with Crippen LogP contribution < -0.4 is 11.1 Å². The third kappa shape index (κ3) is 5.14. The second kappa shape index (κ2) is 6.84. The average molecular weight is 272 g/mol. The molecule has 0 radical (unpaired) electrons. The fourth-order valence-electron chi connectivity index (χ4n) is 1.47. The third-order valence-corrected chi connectivity index (χ3v) is 3.52. The summed E-state index contributed by atoms with van der Waals surface area (Å²) in [5.74, 6) is -0.412. The second-order valence-corrected chi connectivity index (χ2v) is 5.51. The van der Waals surface area contributed by atoms with E-state index in [9.17, 15) is 9.90 Å². The summed E-state index contributed by atoms with van der Waals surface area (Å²) in [5, 5.41) is 14.9. The minimum absolute atomic E-state index is 0.412. The number of rotatable bonds is 8. The molecule has 0 aliphatic rings. The smallest absolute Gasteiger partial charge is 0.249 e. The fraction of sp³-hybridized carbons (Fsp3) is 0.583. The van der Waals surface area contributed by atoms with Crippen molar-refractivity contribution in [3.8, 4) is 0 Å². The van der Waals surface area contributed by atoms with Crippen molar-refractivity contribution in [2.24, 2.45) is 5.73 Å². The summed E-state index contributed by atoms with van der Waals surface area (Å²) in [6.45, 7) is 3.38. The molecular formula is C12H20N2O3S. The largest absolute Gasteiger partial charge is 0.389 e. The molecule has 1 unspecified atom stereocenters. The first-order chi connectivity index (χ1) is 8.44. The Morgan fingerprint density at radius 2 is 2.39 bits per heavy atom. The summed E-state index contributed by atoms with van der Waals surface area (Å²) in [5.41, 5.74) is 4.91. The summed E-state index contributed by atoms with van der Waals surface area (Å²) < 4.78 is 4.93. The van der Waals surface area contributed by atoms with Crippen LogP contribution in [0.3, 0.4) is 0 Å². The standard InChI is InChI=1S/C12H20N2O3S/c1-12(16,3-4-17-2)8-14-6-10-5-9(7-18-10)11(13)15/h5,7,14,16H,3-4,6,8H2,1-2H3,(H2,13,15). The number of carbonyl (C=O) groups is 1. The lowest BCUT2D eigenvalue weighted by molar-refractivity contribution is 0.0248. The number of carbonyl (C=O) groups excluding carboxylic acids is 1. The zero-order valence-corrected chi connectivity index (χ0v) is 11.5. The van der Waals surface area contributed by atoms with Crippen LogP contribution in [0.2, 0.25) is 0 Å². The van der Waals surface area contributed by atoms with Gasteiger partial charge in [-0.1, -0.05) is 0 Å². The summed E-state index contributed by atoms with van der Waals surface area (Å²) in [6.07, 6.45) is 0.577. The van der Waals surface area contributed by atoms with Gasteiger partial charge >= 0.3 is 0 Å². The number of ether oxygens (including phenoxy) is 1.